The summed E-state index contributed by atoms with van der Waals surface area (Å²) in [6.45, 7) is 0.741. The lowest BCUT2D eigenvalue weighted by Gasteiger charge is -2.23. The minimum Gasteiger partial charge on any atom is -0.496 e. The van der Waals surface area contributed by atoms with Crippen LogP contribution in [-0.4, -0.2) is 25.0 Å². The maximum absolute atomic E-state index is 11.1. The van der Waals surface area contributed by atoms with Gasteiger partial charge in [-0.05, 0) is 30.9 Å². The first kappa shape index (κ1) is 13.2. The second-order valence-electron chi connectivity index (χ2n) is 5.35. The first-order valence-corrected chi connectivity index (χ1v) is 6.82. The first-order chi connectivity index (χ1) is 9.69. The van der Waals surface area contributed by atoms with Gasteiger partial charge in [0.2, 0.25) is 0 Å². The third-order valence-electron chi connectivity index (χ3n) is 3.95. The number of methoxy groups -OCH3 is 1. The molecule has 1 aliphatic heterocycles. The highest BCUT2D eigenvalue weighted by Gasteiger charge is 2.36. The van der Waals surface area contributed by atoms with Crippen molar-refractivity contribution in [2.24, 2.45) is 5.92 Å². The molecule has 1 saturated carbocycles. The number of hydrogen-bond acceptors (Lipinski definition) is 4. The lowest BCUT2D eigenvalue weighted by atomic mass is 9.89. The quantitative estimate of drug-likeness (QED) is 0.896. The van der Waals surface area contributed by atoms with Crippen LogP contribution in [0.25, 0.3) is 0 Å². The SMILES string of the molecule is COc1cc2c(cc1C(CC(=O)O)C1CC1)OCOC2. The Labute approximate surface area is 117 Å². The van der Waals surface area contributed by atoms with Crippen LogP contribution in [0.1, 0.15) is 36.3 Å². The summed E-state index contributed by atoms with van der Waals surface area (Å²) in [5, 5.41) is 9.13. The van der Waals surface area contributed by atoms with Gasteiger partial charge in [-0.25, -0.2) is 0 Å². The predicted molar refractivity (Wildman–Crippen MR) is 71.0 cm³/mol. The van der Waals surface area contributed by atoms with E-state index in [4.69, 9.17) is 19.3 Å². The molecule has 5 heteroatoms. The van der Waals surface area contributed by atoms with Crippen LogP contribution in [0.5, 0.6) is 11.5 Å². The van der Waals surface area contributed by atoms with Crippen molar-refractivity contribution in [3.05, 3.63) is 23.3 Å². The molecule has 1 aromatic carbocycles. The summed E-state index contributed by atoms with van der Waals surface area (Å²) < 4.78 is 16.2. The smallest absolute Gasteiger partial charge is 0.303 e. The van der Waals surface area contributed by atoms with Crippen LogP contribution in [-0.2, 0) is 16.1 Å². The Kier molecular flexibility index (Phi) is 3.53. The molecule has 1 N–H and O–H groups in total. The van der Waals surface area contributed by atoms with E-state index in [0.29, 0.717) is 12.5 Å². The number of carboxylic acid groups (broad SMARTS) is 1. The van der Waals surface area contributed by atoms with E-state index in [1.807, 2.05) is 12.1 Å². The summed E-state index contributed by atoms with van der Waals surface area (Å²) in [4.78, 5) is 11.1. The molecule has 2 aliphatic rings. The Balaban J connectivity index is 1.98. The molecule has 0 spiro atoms. The Bertz CT molecular complexity index is 521. The molecule has 0 radical (unpaired) electrons. The minimum atomic E-state index is -0.772. The van der Waals surface area contributed by atoms with Crippen molar-refractivity contribution >= 4 is 5.97 Å². The van der Waals surface area contributed by atoms with E-state index in [1.165, 1.54) is 0 Å². The van der Waals surface area contributed by atoms with Gasteiger partial charge in [-0.3, -0.25) is 4.79 Å². The second-order valence-corrected chi connectivity index (χ2v) is 5.35. The van der Waals surface area contributed by atoms with Crippen molar-refractivity contribution in [1.29, 1.82) is 0 Å². The molecule has 0 saturated heterocycles. The van der Waals surface area contributed by atoms with Gasteiger partial charge in [0.25, 0.3) is 0 Å². The van der Waals surface area contributed by atoms with Crippen LogP contribution in [0, 0.1) is 5.92 Å². The Morgan fingerprint density at radius 2 is 2.30 bits per heavy atom. The maximum atomic E-state index is 11.1. The van der Waals surface area contributed by atoms with Gasteiger partial charge < -0.3 is 19.3 Å². The molecular formula is C15H18O5. The zero-order chi connectivity index (χ0) is 14.1. The Hall–Kier alpha value is -1.75. The van der Waals surface area contributed by atoms with Crippen LogP contribution in [0.2, 0.25) is 0 Å². The highest BCUT2D eigenvalue weighted by Crippen LogP contribution is 2.48. The highest BCUT2D eigenvalue weighted by atomic mass is 16.7. The molecule has 5 nitrogen and oxygen atoms in total. The van der Waals surface area contributed by atoms with Gasteiger partial charge in [0.15, 0.2) is 6.79 Å². The largest absolute Gasteiger partial charge is 0.496 e. The van der Waals surface area contributed by atoms with Gasteiger partial charge in [-0.1, -0.05) is 0 Å². The minimum absolute atomic E-state index is 0.000745. The molecule has 1 heterocycles. The summed E-state index contributed by atoms with van der Waals surface area (Å²) in [5.41, 5.74) is 1.89. The first-order valence-electron chi connectivity index (χ1n) is 6.82. The molecule has 0 aromatic heterocycles. The summed E-state index contributed by atoms with van der Waals surface area (Å²) in [6.07, 6.45) is 2.31. The van der Waals surface area contributed by atoms with E-state index in [-0.39, 0.29) is 19.1 Å². The molecule has 1 aliphatic carbocycles. The number of aliphatic carboxylic acids is 1. The average molecular weight is 278 g/mol. The number of carbonyl (C=O) groups is 1. The Morgan fingerprint density at radius 3 is 2.95 bits per heavy atom. The lowest BCUT2D eigenvalue weighted by molar-refractivity contribution is -0.137. The van der Waals surface area contributed by atoms with E-state index in [9.17, 15) is 4.79 Å². The number of rotatable bonds is 5. The van der Waals surface area contributed by atoms with Crippen LogP contribution in [0.4, 0.5) is 0 Å². The van der Waals surface area contributed by atoms with Gasteiger partial charge in [-0.15, -0.1) is 0 Å². The van der Waals surface area contributed by atoms with E-state index >= 15 is 0 Å². The molecule has 0 amide bonds. The van der Waals surface area contributed by atoms with Gasteiger partial charge in [0.05, 0.1) is 20.1 Å². The zero-order valence-corrected chi connectivity index (χ0v) is 11.4. The number of ether oxygens (including phenoxy) is 3. The second kappa shape index (κ2) is 5.32. The van der Waals surface area contributed by atoms with Gasteiger partial charge >= 0.3 is 5.97 Å². The van der Waals surface area contributed by atoms with E-state index in [1.54, 1.807) is 7.11 Å². The van der Waals surface area contributed by atoms with E-state index < -0.39 is 5.97 Å². The predicted octanol–water partition coefficient (Wildman–Crippen LogP) is 2.53. The molecule has 1 atom stereocenters. The molecule has 3 rings (SSSR count). The number of benzene rings is 1. The van der Waals surface area contributed by atoms with Crippen LogP contribution in [0.15, 0.2) is 12.1 Å². The van der Waals surface area contributed by atoms with Crippen molar-refractivity contribution in [2.45, 2.75) is 31.8 Å². The molecule has 1 unspecified atom stereocenters. The summed E-state index contributed by atoms with van der Waals surface area (Å²) >= 11 is 0. The third-order valence-corrected chi connectivity index (χ3v) is 3.95. The normalized spacial score (nSPS) is 18.9. The summed E-state index contributed by atoms with van der Waals surface area (Å²) in [6, 6.07) is 3.84. The van der Waals surface area contributed by atoms with Crippen LogP contribution < -0.4 is 9.47 Å². The van der Waals surface area contributed by atoms with E-state index in [2.05, 4.69) is 0 Å². The zero-order valence-electron chi connectivity index (χ0n) is 11.4. The maximum Gasteiger partial charge on any atom is 0.303 e. The van der Waals surface area contributed by atoms with Crippen LogP contribution in [0.3, 0.4) is 0 Å². The standard InChI is InChI=1S/C15H18O5/c1-18-14-4-10-7-19-8-20-13(10)5-12(14)11(6-15(16)17)9-2-3-9/h4-5,9,11H,2-3,6-8H2,1H3,(H,16,17). The van der Waals surface area contributed by atoms with Crippen molar-refractivity contribution in [2.75, 3.05) is 13.9 Å². The van der Waals surface area contributed by atoms with Gasteiger partial charge in [0, 0.05) is 17.0 Å². The van der Waals surface area contributed by atoms with Gasteiger partial charge in [-0.2, -0.15) is 0 Å². The number of carboxylic acids is 1. The lowest BCUT2D eigenvalue weighted by Crippen LogP contribution is -2.14. The monoisotopic (exact) mass is 278 g/mol. The fraction of sp³-hybridized carbons (Fsp3) is 0.533. The molecule has 1 aromatic rings. The van der Waals surface area contributed by atoms with Crippen molar-refractivity contribution in [3.63, 3.8) is 0 Å². The third kappa shape index (κ3) is 2.58. The molecule has 108 valence electrons. The van der Waals surface area contributed by atoms with Gasteiger partial charge in [0.1, 0.15) is 11.5 Å². The fourth-order valence-corrected chi connectivity index (χ4v) is 2.81. The van der Waals surface area contributed by atoms with Crippen molar-refractivity contribution < 1.29 is 24.1 Å². The van der Waals surface area contributed by atoms with Crippen molar-refractivity contribution in [3.8, 4) is 11.5 Å². The summed E-state index contributed by atoms with van der Waals surface area (Å²) in [5.74, 6) is 1.18. The molecule has 20 heavy (non-hydrogen) atoms. The number of hydrogen-bond donors (Lipinski definition) is 1. The topological polar surface area (TPSA) is 65.0 Å². The van der Waals surface area contributed by atoms with Crippen molar-refractivity contribution in [1.82, 2.24) is 0 Å². The van der Waals surface area contributed by atoms with Crippen LogP contribution >= 0.6 is 0 Å². The average Bonchev–Trinajstić information content (AvgIpc) is 3.27. The Morgan fingerprint density at radius 1 is 1.50 bits per heavy atom. The summed E-state index contributed by atoms with van der Waals surface area (Å²) in [7, 11) is 1.61. The molecule has 0 bridgehead atoms. The molecular weight excluding hydrogens is 260 g/mol. The highest BCUT2D eigenvalue weighted by molar-refractivity contribution is 5.68. The molecule has 1 fully saturated rings. The number of fused-ring (bicyclic) bond motifs is 1. The van der Waals surface area contributed by atoms with E-state index in [0.717, 1.165) is 35.5 Å². The fourth-order valence-electron chi connectivity index (χ4n) is 2.81.